The molecule has 0 aliphatic heterocycles. The number of sulfonamides is 1. The molecule has 0 unspecified atom stereocenters. The van der Waals surface area contributed by atoms with Gasteiger partial charge in [-0.25, -0.2) is 8.42 Å². The number of hydrogen-bond acceptors (Lipinski definition) is 5. The van der Waals surface area contributed by atoms with Crippen LogP contribution >= 0.6 is 27.5 Å². The maximum absolute atomic E-state index is 13.0. The van der Waals surface area contributed by atoms with Gasteiger partial charge in [-0.2, -0.15) is 4.72 Å². The number of benzene rings is 3. The number of halogens is 2. The van der Waals surface area contributed by atoms with E-state index in [0.717, 1.165) is 0 Å². The Bertz CT molecular complexity index is 1270. The summed E-state index contributed by atoms with van der Waals surface area (Å²) in [6, 6.07) is 17.4. The monoisotopic (exact) mass is 566 g/mol. The first-order valence-corrected chi connectivity index (χ1v) is 12.6. The maximum atomic E-state index is 13.0. The van der Waals surface area contributed by atoms with Gasteiger partial charge in [-0.1, -0.05) is 45.7 Å². The van der Waals surface area contributed by atoms with Crippen LogP contribution in [0.15, 0.2) is 82.2 Å². The van der Waals surface area contributed by atoms with Gasteiger partial charge in [0.05, 0.1) is 11.3 Å². The van der Waals surface area contributed by atoms with Crippen LogP contribution in [0.5, 0.6) is 5.75 Å². The quantitative estimate of drug-likeness (QED) is 0.339. The summed E-state index contributed by atoms with van der Waals surface area (Å²) in [6.07, 6.45) is -0.155. The van der Waals surface area contributed by atoms with Crippen LogP contribution < -0.4 is 14.8 Å². The Morgan fingerprint density at radius 2 is 1.71 bits per heavy atom. The zero-order valence-corrected chi connectivity index (χ0v) is 20.7. The van der Waals surface area contributed by atoms with E-state index >= 15 is 0 Å². The molecule has 0 fully saturated rings. The van der Waals surface area contributed by atoms with Crippen molar-refractivity contribution >= 4 is 55.1 Å². The van der Waals surface area contributed by atoms with Crippen molar-refractivity contribution in [1.82, 2.24) is 4.72 Å². The summed E-state index contributed by atoms with van der Waals surface area (Å²) < 4.78 is 34.5. The van der Waals surface area contributed by atoms with Gasteiger partial charge in [-0.05, 0) is 60.2 Å². The minimum atomic E-state index is -4.05. The Labute approximate surface area is 210 Å². The number of aliphatic carboxylic acids is 1. The molecule has 3 aromatic rings. The molecule has 3 N–H and O–H groups in total. The molecule has 0 saturated heterocycles. The highest BCUT2D eigenvalue weighted by molar-refractivity contribution is 9.10. The summed E-state index contributed by atoms with van der Waals surface area (Å²) in [5, 5.41) is 11.9. The van der Waals surface area contributed by atoms with Crippen LogP contribution in [-0.2, 0) is 26.0 Å². The summed E-state index contributed by atoms with van der Waals surface area (Å²) in [5.41, 5.74) is 0.928. The SMILES string of the molecule is O=C(O)Cc1ccc(NC(=O)[C@H](COc2cccc(Cl)c2)NS(=O)(=O)c2ccc(Br)cc2)cc1. The van der Waals surface area contributed by atoms with Crippen molar-refractivity contribution in [3.8, 4) is 5.75 Å². The Balaban J connectivity index is 1.78. The molecule has 1 amide bonds. The number of carboxylic acids is 1. The molecule has 0 saturated carbocycles. The molecule has 0 heterocycles. The highest BCUT2D eigenvalue weighted by Gasteiger charge is 2.27. The van der Waals surface area contributed by atoms with Crippen LogP contribution in [0.25, 0.3) is 0 Å². The fourth-order valence-electron chi connectivity index (χ4n) is 2.88. The van der Waals surface area contributed by atoms with Gasteiger partial charge in [-0.15, -0.1) is 0 Å². The fourth-order valence-corrected chi connectivity index (χ4v) is 4.50. The smallest absolute Gasteiger partial charge is 0.307 e. The molecule has 0 bridgehead atoms. The van der Waals surface area contributed by atoms with Crippen LogP contribution in [0.1, 0.15) is 5.56 Å². The van der Waals surface area contributed by atoms with Gasteiger partial charge in [-0.3, -0.25) is 9.59 Å². The van der Waals surface area contributed by atoms with E-state index in [-0.39, 0.29) is 17.9 Å². The first-order chi connectivity index (χ1) is 16.1. The Hall–Kier alpha value is -2.92. The summed E-state index contributed by atoms with van der Waals surface area (Å²) in [6.45, 7) is -0.307. The number of carbonyl (C=O) groups excluding carboxylic acids is 1. The Morgan fingerprint density at radius 1 is 1.03 bits per heavy atom. The predicted molar refractivity (Wildman–Crippen MR) is 132 cm³/mol. The average Bonchev–Trinajstić information content (AvgIpc) is 2.78. The largest absolute Gasteiger partial charge is 0.491 e. The number of ether oxygens (including phenoxy) is 1. The number of carbonyl (C=O) groups is 2. The number of carboxylic acid groups (broad SMARTS) is 1. The molecule has 34 heavy (non-hydrogen) atoms. The molecule has 178 valence electrons. The van der Waals surface area contributed by atoms with Crippen LogP contribution in [0, 0.1) is 0 Å². The fraction of sp³-hybridized carbons (Fsp3) is 0.130. The van der Waals surface area contributed by atoms with Gasteiger partial charge in [0.2, 0.25) is 15.9 Å². The predicted octanol–water partition coefficient (Wildman–Crippen LogP) is 4.09. The lowest BCUT2D eigenvalue weighted by Crippen LogP contribution is -2.47. The normalized spacial score (nSPS) is 12.1. The molecule has 0 aliphatic rings. The van der Waals surface area contributed by atoms with Gasteiger partial charge in [0.15, 0.2) is 0 Å². The van der Waals surface area contributed by atoms with E-state index < -0.39 is 27.9 Å². The van der Waals surface area contributed by atoms with Crippen molar-refractivity contribution < 1.29 is 27.9 Å². The molecule has 3 rings (SSSR count). The van der Waals surface area contributed by atoms with Gasteiger partial charge in [0.1, 0.15) is 18.4 Å². The lowest BCUT2D eigenvalue weighted by Gasteiger charge is -2.19. The Morgan fingerprint density at radius 3 is 2.32 bits per heavy atom. The molecular weight excluding hydrogens is 548 g/mol. The van der Waals surface area contributed by atoms with Crippen molar-refractivity contribution in [3.63, 3.8) is 0 Å². The van der Waals surface area contributed by atoms with Crippen molar-refractivity contribution in [3.05, 3.63) is 87.9 Å². The summed E-state index contributed by atoms with van der Waals surface area (Å²) in [7, 11) is -4.05. The van der Waals surface area contributed by atoms with Crippen LogP contribution in [0.3, 0.4) is 0 Å². The molecule has 3 aromatic carbocycles. The molecule has 0 aromatic heterocycles. The zero-order valence-electron chi connectivity index (χ0n) is 17.6. The minimum absolute atomic E-state index is 0.0192. The first kappa shape index (κ1) is 25.7. The van der Waals surface area contributed by atoms with Gasteiger partial charge in [0, 0.05) is 15.2 Å². The molecule has 1 atom stereocenters. The average molecular weight is 568 g/mol. The maximum Gasteiger partial charge on any atom is 0.307 e. The third-order valence-electron chi connectivity index (χ3n) is 4.53. The first-order valence-electron chi connectivity index (χ1n) is 9.90. The van der Waals surface area contributed by atoms with Crippen LogP contribution in [0.2, 0.25) is 5.02 Å². The standard InChI is InChI=1S/C23H20BrClN2O6S/c24-16-6-10-20(11-7-16)34(31,32)27-21(14-33-19-3-1-2-17(25)13-19)23(30)26-18-8-4-15(5-9-18)12-22(28)29/h1-11,13,21,27H,12,14H2,(H,26,30)(H,28,29)/t21-/m0/s1. The van der Waals surface area contributed by atoms with Crippen LogP contribution in [-0.4, -0.2) is 38.0 Å². The summed E-state index contributed by atoms with van der Waals surface area (Å²) in [5.74, 6) is -1.27. The summed E-state index contributed by atoms with van der Waals surface area (Å²) >= 11 is 9.22. The molecule has 0 radical (unpaired) electrons. The number of nitrogens with one attached hydrogen (secondary N) is 2. The molecule has 0 spiro atoms. The highest BCUT2D eigenvalue weighted by Crippen LogP contribution is 2.19. The van der Waals surface area contributed by atoms with E-state index in [1.165, 1.54) is 24.3 Å². The van der Waals surface area contributed by atoms with Crippen molar-refractivity contribution in [2.45, 2.75) is 17.4 Å². The van der Waals surface area contributed by atoms with Gasteiger partial charge in [0.25, 0.3) is 0 Å². The van der Waals surface area contributed by atoms with Crippen molar-refractivity contribution in [1.29, 1.82) is 0 Å². The van der Waals surface area contributed by atoms with Gasteiger partial charge >= 0.3 is 5.97 Å². The minimum Gasteiger partial charge on any atom is -0.491 e. The number of hydrogen-bond donors (Lipinski definition) is 3. The van der Waals surface area contributed by atoms with E-state index in [1.54, 1.807) is 48.5 Å². The van der Waals surface area contributed by atoms with Crippen molar-refractivity contribution in [2.75, 3.05) is 11.9 Å². The molecule has 0 aliphatic carbocycles. The second kappa shape index (κ2) is 11.5. The molecule has 11 heteroatoms. The second-order valence-corrected chi connectivity index (χ2v) is 10.2. The van der Waals surface area contributed by atoms with Gasteiger partial charge < -0.3 is 15.2 Å². The summed E-state index contributed by atoms with van der Waals surface area (Å²) in [4.78, 5) is 23.8. The topological polar surface area (TPSA) is 122 Å². The number of amides is 1. The molecule has 8 nitrogen and oxygen atoms in total. The van der Waals surface area contributed by atoms with Crippen LogP contribution in [0.4, 0.5) is 5.69 Å². The van der Waals surface area contributed by atoms with E-state index in [9.17, 15) is 18.0 Å². The highest BCUT2D eigenvalue weighted by atomic mass is 79.9. The van der Waals surface area contributed by atoms with E-state index in [0.29, 0.717) is 26.5 Å². The third-order valence-corrected chi connectivity index (χ3v) is 6.78. The molecular formula is C23H20BrClN2O6S. The van der Waals surface area contributed by atoms with Crippen molar-refractivity contribution in [2.24, 2.45) is 0 Å². The lowest BCUT2D eigenvalue weighted by molar-refractivity contribution is -0.136. The Kier molecular flexibility index (Phi) is 8.67. The number of rotatable bonds is 10. The van der Waals surface area contributed by atoms with E-state index in [2.05, 4.69) is 26.0 Å². The second-order valence-electron chi connectivity index (χ2n) is 7.15. The van der Waals surface area contributed by atoms with E-state index in [1.807, 2.05) is 0 Å². The lowest BCUT2D eigenvalue weighted by atomic mass is 10.1. The zero-order chi connectivity index (χ0) is 24.7. The van der Waals surface area contributed by atoms with E-state index in [4.69, 9.17) is 21.4 Å². The third kappa shape index (κ3) is 7.56. The number of anilines is 1.